The molecule has 166 valence electrons. The molecular weight excluding hydrogens is 372 g/mol. The Morgan fingerprint density at radius 3 is 2.31 bits per heavy atom. The van der Waals surface area contributed by atoms with Crippen molar-refractivity contribution in [3.63, 3.8) is 0 Å². The van der Waals surface area contributed by atoms with Gasteiger partial charge in [-0.05, 0) is 98.2 Å². The van der Waals surface area contributed by atoms with Gasteiger partial charge < -0.3 is 25.5 Å². The Labute approximate surface area is 173 Å². The van der Waals surface area contributed by atoms with E-state index in [-0.39, 0.29) is 41.3 Å². The van der Waals surface area contributed by atoms with E-state index in [0.29, 0.717) is 24.2 Å². The van der Waals surface area contributed by atoms with Crippen molar-refractivity contribution in [3.05, 3.63) is 0 Å². The van der Waals surface area contributed by atoms with Crippen LogP contribution in [0.5, 0.6) is 0 Å². The van der Waals surface area contributed by atoms with Gasteiger partial charge in [0, 0.05) is 6.42 Å². The van der Waals surface area contributed by atoms with Crippen LogP contribution in [0.1, 0.15) is 78.1 Å². The Hall–Kier alpha value is -0.690. The highest BCUT2D eigenvalue weighted by molar-refractivity contribution is 5.74. The second-order valence-corrected chi connectivity index (χ2v) is 11.2. The molecule has 0 aromatic rings. The molecule has 4 fully saturated rings. The van der Waals surface area contributed by atoms with Crippen molar-refractivity contribution in [1.29, 1.82) is 0 Å². The number of aliphatic hydroxyl groups is 4. The molecule has 4 rings (SSSR count). The van der Waals surface area contributed by atoms with Crippen LogP contribution < -0.4 is 0 Å². The molecule has 0 aliphatic heterocycles. The fraction of sp³-hybridized carbons (Fsp3) is 0.957. The van der Waals surface area contributed by atoms with Crippen LogP contribution in [0.15, 0.2) is 0 Å². The van der Waals surface area contributed by atoms with Crippen molar-refractivity contribution in [2.45, 2.75) is 96.1 Å². The zero-order valence-corrected chi connectivity index (χ0v) is 17.8. The van der Waals surface area contributed by atoms with Crippen LogP contribution in [0.3, 0.4) is 0 Å². The minimum Gasteiger partial charge on any atom is -0.477 e. The number of hydrogen-bond donors (Lipinski definition) is 5. The summed E-state index contributed by atoms with van der Waals surface area (Å²) < 4.78 is 0. The summed E-state index contributed by atoms with van der Waals surface area (Å²) in [5.74, 6) is -2.43. The normalized spacial score (nSPS) is 49.8. The van der Waals surface area contributed by atoms with Gasteiger partial charge in [-0.1, -0.05) is 13.8 Å². The highest BCUT2D eigenvalue weighted by atomic mass is 16.5. The van der Waals surface area contributed by atoms with Gasteiger partial charge in [0.2, 0.25) is 0 Å². The Morgan fingerprint density at radius 2 is 1.62 bits per heavy atom. The average molecular weight is 411 g/mol. The number of carbonyl (C=O) groups is 1. The van der Waals surface area contributed by atoms with Gasteiger partial charge >= 0.3 is 5.97 Å². The van der Waals surface area contributed by atoms with E-state index in [4.69, 9.17) is 5.11 Å². The van der Waals surface area contributed by atoms with Gasteiger partial charge in [-0.3, -0.25) is 0 Å². The monoisotopic (exact) mass is 410 g/mol. The van der Waals surface area contributed by atoms with E-state index in [9.17, 15) is 25.2 Å². The summed E-state index contributed by atoms with van der Waals surface area (Å²) in [4.78, 5) is 11.1. The van der Waals surface area contributed by atoms with E-state index in [2.05, 4.69) is 13.8 Å². The second kappa shape index (κ2) is 7.18. The smallest absolute Gasteiger partial charge is 0.364 e. The predicted molar refractivity (Wildman–Crippen MR) is 107 cm³/mol. The van der Waals surface area contributed by atoms with E-state index < -0.39 is 11.8 Å². The lowest BCUT2D eigenvalue weighted by molar-refractivity contribution is -0.207. The van der Waals surface area contributed by atoms with Crippen molar-refractivity contribution in [1.82, 2.24) is 0 Å². The zero-order chi connectivity index (χ0) is 21.2. The van der Waals surface area contributed by atoms with E-state index in [0.717, 1.165) is 51.4 Å². The SMILES string of the molecule is CC12CCC3C(C(O)CC4CC(O)CCC43C)C1CCC2CCC(O)(O)C(=O)O. The van der Waals surface area contributed by atoms with Crippen molar-refractivity contribution >= 4 is 5.97 Å². The van der Waals surface area contributed by atoms with Gasteiger partial charge in [0.15, 0.2) is 0 Å². The molecular formula is C23H38O6. The van der Waals surface area contributed by atoms with E-state index >= 15 is 0 Å². The number of aliphatic carboxylic acids is 1. The lowest BCUT2D eigenvalue weighted by atomic mass is 9.44. The molecule has 9 unspecified atom stereocenters. The van der Waals surface area contributed by atoms with E-state index in [1.54, 1.807) is 0 Å². The first kappa shape index (κ1) is 21.5. The molecule has 0 saturated heterocycles. The molecule has 5 N–H and O–H groups in total. The van der Waals surface area contributed by atoms with Crippen molar-refractivity contribution in [2.24, 2.45) is 40.4 Å². The van der Waals surface area contributed by atoms with Gasteiger partial charge in [0.05, 0.1) is 12.2 Å². The molecule has 0 heterocycles. The molecule has 4 aliphatic rings. The maximum atomic E-state index is 11.2. The summed E-state index contributed by atoms with van der Waals surface area (Å²) in [5.41, 5.74) is 0.214. The highest BCUT2D eigenvalue weighted by Crippen LogP contribution is 2.67. The Morgan fingerprint density at radius 1 is 0.966 bits per heavy atom. The van der Waals surface area contributed by atoms with Crippen LogP contribution in [0.2, 0.25) is 0 Å². The van der Waals surface area contributed by atoms with E-state index in [1.165, 1.54) is 0 Å². The van der Waals surface area contributed by atoms with Crippen LogP contribution in [-0.4, -0.2) is 49.5 Å². The Kier molecular flexibility index (Phi) is 5.33. The number of fused-ring (bicyclic) bond motifs is 5. The first-order valence-corrected chi connectivity index (χ1v) is 11.5. The predicted octanol–water partition coefficient (Wildman–Crippen LogP) is 2.52. The number of carboxylic acid groups (broad SMARTS) is 1. The van der Waals surface area contributed by atoms with Crippen molar-refractivity contribution in [2.75, 3.05) is 0 Å². The molecule has 0 aromatic carbocycles. The molecule has 6 heteroatoms. The molecule has 4 aliphatic carbocycles. The molecule has 9 atom stereocenters. The molecule has 0 bridgehead atoms. The first-order valence-electron chi connectivity index (χ1n) is 11.5. The summed E-state index contributed by atoms with van der Waals surface area (Å²) in [5, 5.41) is 49.8. The third-order valence-electron chi connectivity index (χ3n) is 10.0. The van der Waals surface area contributed by atoms with Crippen LogP contribution >= 0.6 is 0 Å². The Bertz CT molecular complexity index is 649. The third-order valence-corrected chi connectivity index (χ3v) is 10.0. The largest absolute Gasteiger partial charge is 0.477 e. The minimum absolute atomic E-state index is 0.0219. The first-order chi connectivity index (χ1) is 13.5. The van der Waals surface area contributed by atoms with Crippen LogP contribution in [0, 0.1) is 40.4 Å². The fourth-order valence-corrected chi connectivity index (χ4v) is 8.27. The van der Waals surface area contributed by atoms with Gasteiger partial charge in [-0.2, -0.15) is 0 Å². The van der Waals surface area contributed by atoms with Crippen molar-refractivity contribution < 1.29 is 30.3 Å². The molecule has 6 nitrogen and oxygen atoms in total. The number of carboxylic acids is 1. The molecule has 0 spiro atoms. The van der Waals surface area contributed by atoms with Gasteiger partial charge in [0.1, 0.15) is 0 Å². The minimum atomic E-state index is -2.65. The Balaban J connectivity index is 1.53. The summed E-state index contributed by atoms with van der Waals surface area (Å²) in [6, 6.07) is 0. The molecule has 0 amide bonds. The van der Waals surface area contributed by atoms with Crippen molar-refractivity contribution in [3.8, 4) is 0 Å². The summed E-state index contributed by atoms with van der Waals surface area (Å²) in [7, 11) is 0. The topological polar surface area (TPSA) is 118 Å². The van der Waals surface area contributed by atoms with Crippen LogP contribution in [0.25, 0.3) is 0 Å². The maximum absolute atomic E-state index is 11.2. The molecule has 0 aromatic heterocycles. The lowest BCUT2D eigenvalue weighted by Crippen LogP contribution is -2.58. The van der Waals surface area contributed by atoms with Crippen LogP contribution in [-0.2, 0) is 4.79 Å². The average Bonchev–Trinajstić information content (AvgIpc) is 2.98. The third kappa shape index (κ3) is 3.35. The number of aliphatic hydroxyl groups excluding tert-OH is 2. The molecule has 4 saturated carbocycles. The summed E-state index contributed by atoms with van der Waals surface area (Å²) >= 11 is 0. The standard InChI is InChI=1S/C23H38O6/c1-21-9-7-17-19(18(25)12-14-11-15(24)6-8-22(14,17)2)16(21)4-3-13(21)5-10-23(28,29)20(26)27/h13-19,24-25,28-29H,3-12H2,1-2H3,(H,26,27). The highest BCUT2D eigenvalue weighted by Gasteiger charge is 2.62. The molecule has 29 heavy (non-hydrogen) atoms. The zero-order valence-electron chi connectivity index (χ0n) is 17.8. The van der Waals surface area contributed by atoms with Gasteiger partial charge in [-0.25, -0.2) is 4.79 Å². The number of hydrogen-bond acceptors (Lipinski definition) is 5. The maximum Gasteiger partial charge on any atom is 0.364 e. The second-order valence-electron chi connectivity index (χ2n) is 11.2. The quantitative estimate of drug-likeness (QED) is 0.455. The van der Waals surface area contributed by atoms with E-state index in [1.807, 2.05) is 0 Å². The lowest BCUT2D eigenvalue weighted by Gasteiger charge is -2.62. The number of rotatable bonds is 4. The molecule has 0 radical (unpaired) electrons. The van der Waals surface area contributed by atoms with Crippen LogP contribution in [0.4, 0.5) is 0 Å². The fourth-order valence-electron chi connectivity index (χ4n) is 8.27. The van der Waals surface area contributed by atoms with Gasteiger partial charge in [-0.15, -0.1) is 0 Å². The summed E-state index contributed by atoms with van der Waals surface area (Å²) in [6.07, 6.45) is 7.38. The van der Waals surface area contributed by atoms with Gasteiger partial charge in [0.25, 0.3) is 5.79 Å². The summed E-state index contributed by atoms with van der Waals surface area (Å²) in [6.45, 7) is 4.68.